The summed E-state index contributed by atoms with van der Waals surface area (Å²) in [5, 5.41) is 3.36. The predicted octanol–water partition coefficient (Wildman–Crippen LogP) is 3.70. The summed E-state index contributed by atoms with van der Waals surface area (Å²) in [4.78, 5) is 11.7. The van der Waals surface area contributed by atoms with Gasteiger partial charge in [0.1, 0.15) is 5.78 Å². The third-order valence-corrected chi connectivity index (χ3v) is 3.80. The Balaban J connectivity index is 1.87. The van der Waals surface area contributed by atoms with Crippen LogP contribution in [0, 0.1) is 5.92 Å². The normalized spacial score (nSPS) is 19.7. The lowest BCUT2D eigenvalue weighted by Gasteiger charge is -2.06. The summed E-state index contributed by atoms with van der Waals surface area (Å²) >= 11 is 0. The Hall–Kier alpha value is -0.370. The molecule has 1 N–H and O–H groups in total. The van der Waals surface area contributed by atoms with Crippen molar-refractivity contribution in [1.82, 2.24) is 5.32 Å². The van der Waals surface area contributed by atoms with Gasteiger partial charge >= 0.3 is 0 Å². The zero-order valence-corrected chi connectivity index (χ0v) is 11.5. The first-order chi connectivity index (χ1) is 8.33. The number of rotatable bonds is 10. The van der Waals surface area contributed by atoms with Crippen LogP contribution in [0.5, 0.6) is 0 Å². The van der Waals surface area contributed by atoms with Crippen molar-refractivity contribution >= 4 is 5.78 Å². The highest BCUT2D eigenvalue weighted by molar-refractivity contribution is 5.78. The summed E-state index contributed by atoms with van der Waals surface area (Å²) in [5.41, 5.74) is 0. The van der Waals surface area contributed by atoms with E-state index < -0.39 is 0 Å². The monoisotopic (exact) mass is 239 g/mol. The van der Waals surface area contributed by atoms with Gasteiger partial charge in [0, 0.05) is 12.8 Å². The Labute approximate surface area is 107 Å². The van der Waals surface area contributed by atoms with Crippen molar-refractivity contribution in [1.29, 1.82) is 0 Å². The molecule has 0 aliphatic carbocycles. The Morgan fingerprint density at radius 2 is 1.88 bits per heavy atom. The standard InChI is InChI=1S/C15H29NO/c1-2-3-4-5-6-7-8-15(17)10-9-14-11-12-16-13-14/h14,16H,2-13H2,1H3. The van der Waals surface area contributed by atoms with Crippen LogP contribution in [-0.4, -0.2) is 18.9 Å². The number of ketones is 1. The molecule has 1 unspecified atom stereocenters. The van der Waals surface area contributed by atoms with Crippen LogP contribution in [0.25, 0.3) is 0 Å². The van der Waals surface area contributed by atoms with Gasteiger partial charge in [-0.15, -0.1) is 0 Å². The van der Waals surface area contributed by atoms with E-state index >= 15 is 0 Å². The molecule has 0 bridgehead atoms. The van der Waals surface area contributed by atoms with Crippen molar-refractivity contribution in [3.8, 4) is 0 Å². The number of nitrogens with one attached hydrogen (secondary N) is 1. The summed E-state index contributed by atoms with van der Waals surface area (Å²) in [7, 11) is 0. The maximum atomic E-state index is 11.7. The fraction of sp³-hybridized carbons (Fsp3) is 0.933. The van der Waals surface area contributed by atoms with Gasteiger partial charge in [-0.25, -0.2) is 0 Å². The minimum Gasteiger partial charge on any atom is -0.316 e. The molecule has 1 saturated heterocycles. The highest BCUT2D eigenvalue weighted by atomic mass is 16.1. The fourth-order valence-electron chi connectivity index (χ4n) is 2.55. The van der Waals surface area contributed by atoms with Gasteiger partial charge < -0.3 is 5.32 Å². The molecule has 2 nitrogen and oxygen atoms in total. The lowest BCUT2D eigenvalue weighted by atomic mass is 9.98. The van der Waals surface area contributed by atoms with Crippen LogP contribution in [0.1, 0.15) is 71.1 Å². The van der Waals surface area contributed by atoms with Crippen LogP contribution in [0.15, 0.2) is 0 Å². The first-order valence-electron chi connectivity index (χ1n) is 7.55. The molecule has 17 heavy (non-hydrogen) atoms. The van der Waals surface area contributed by atoms with E-state index in [-0.39, 0.29) is 0 Å². The number of hydrogen-bond acceptors (Lipinski definition) is 2. The van der Waals surface area contributed by atoms with Crippen molar-refractivity contribution in [2.45, 2.75) is 71.1 Å². The van der Waals surface area contributed by atoms with Crippen molar-refractivity contribution < 1.29 is 4.79 Å². The van der Waals surface area contributed by atoms with E-state index in [1.54, 1.807) is 0 Å². The average molecular weight is 239 g/mol. The van der Waals surface area contributed by atoms with Crippen molar-refractivity contribution in [3.05, 3.63) is 0 Å². The molecule has 0 saturated carbocycles. The molecular formula is C15H29NO. The molecule has 1 fully saturated rings. The van der Waals surface area contributed by atoms with Gasteiger partial charge in [-0.05, 0) is 38.3 Å². The van der Waals surface area contributed by atoms with Gasteiger partial charge in [0.15, 0.2) is 0 Å². The number of carbonyl (C=O) groups is 1. The van der Waals surface area contributed by atoms with Crippen molar-refractivity contribution in [2.24, 2.45) is 5.92 Å². The first kappa shape index (κ1) is 14.7. The van der Waals surface area contributed by atoms with E-state index in [0.717, 1.165) is 44.7 Å². The molecule has 1 atom stereocenters. The van der Waals surface area contributed by atoms with Crippen molar-refractivity contribution in [3.63, 3.8) is 0 Å². The minimum atomic E-state index is 0.493. The van der Waals surface area contributed by atoms with Gasteiger partial charge in [-0.1, -0.05) is 39.0 Å². The Bertz CT molecular complexity index is 197. The van der Waals surface area contributed by atoms with E-state index in [1.807, 2.05) is 0 Å². The molecule has 1 aliphatic heterocycles. The molecule has 1 rings (SSSR count). The second kappa shape index (κ2) is 9.64. The van der Waals surface area contributed by atoms with E-state index in [0.29, 0.717) is 5.78 Å². The highest BCUT2D eigenvalue weighted by Gasteiger charge is 2.15. The van der Waals surface area contributed by atoms with E-state index in [9.17, 15) is 4.79 Å². The molecule has 0 aromatic carbocycles. The lowest BCUT2D eigenvalue weighted by Crippen LogP contribution is -2.10. The van der Waals surface area contributed by atoms with E-state index in [2.05, 4.69) is 12.2 Å². The van der Waals surface area contributed by atoms with Gasteiger partial charge in [-0.3, -0.25) is 4.79 Å². The maximum Gasteiger partial charge on any atom is 0.132 e. The van der Waals surface area contributed by atoms with Gasteiger partial charge in [0.05, 0.1) is 0 Å². The van der Waals surface area contributed by atoms with Crippen LogP contribution in [0.3, 0.4) is 0 Å². The van der Waals surface area contributed by atoms with Crippen LogP contribution < -0.4 is 5.32 Å². The van der Waals surface area contributed by atoms with Crippen LogP contribution in [0.2, 0.25) is 0 Å². The average Bonchev–Trinajstić information content (AvgIpc) is 2.84. The highest BCUT2D eigenvalue weighted by Crippen LogP contribution is 2.16. The van der Waals surface area contributed by atoms with Crippen LogP contribution >= 0.6 is 0 Å². The van der Waals surface area contributed by atoms with E-state index in [1.165, 1.54) is 38.5 Å². The molecule has 1 heterocycles. The molecule has 2 heteroatoms. The molecular weight excluding hydrogens is 210 g/mol. The molecule has 0 amide bonds. The molecule has 100 valence electrons. The molecule has 1 aliphatic rings. The second-order valence-electron chi connectivity index (χ2n) is 5.45. The van der Waals surface area contributed by atoms with Gasteiger partial charge in [0.2, 0.25) is 0 Å². The third-order valence-electron chi connectivity index (χ3n) is 3.80. The van der Waals surface area contributed by atoms with E-state index in [4.69, 9.17) is 0 Å². The number of carbonyl (C=O) groups excluding carboxylic acids is 1. The second-order valence-corrected chi connectivity index (χ2v) is 5.45. The predicted molar refractivity (Wildman–Crippen MR) is 73.2 cm³/mol. The third kappa shape index (κ3) is 7.54. The Kier molecular flexibility index (Phi) is 8.33. The molecule has 0 spiro atoms. The largest absolute Gasteiger partial charge is 0.316 e. The Morgan fingerprint density at radius 1 is 1.12 bits per heavy atom. The first-order valence-corrected chi connectivity index (χ1v) is 7.55. The summed E-state index contributed by atoms with van der Waals surface area (Å²) in [6.45, 7) is 4.52. The molecule has 0 aromatic rings. The molecule has 0 radical (unpaired) electrons. The summed E-state index contributed by atoms with van der Waals surface area (Å²) < 4.78 is 0. The van der Waals surface area contributed by atoms with Crippen LogP contribution in [-0.2, 0) is 4.79 Å². The maximum absolute atomic E-state index is 11.7. The zero-order valence-electron chi connectivity index (χ0n) is 11.5. The minimum absolute atomic E-state index is 0.493. The summed E-state index contributed by atoms with van der Waals surface area (Å²) in [6, 6.07) is 0. The summed E-state index contributed by atoms with van der Waals surface area (Å²) in [6.07, 6.45) is 11.7. The SMILES string of the molecule is CCCCCCCCC(=O)CCC1CCNC1. The zero-order chi connectivity index (χ0) is 12.3. The van der Waals surface area contributed by atoms with Gasteiger partial charge in [0.25, 0.3) is 0 Å². The lowest BCUT2D eigenvalue weighted by molar-refractivity contribution is -0.119. The molecule has 0 aromatic heterocycles. The topological polar surface area (TPSA) is 29.1 Å². The number of Topliss-reactive ketones (excluding diaryl/α,β-unsaturated/α-hetero) is 1. The fourth-order valence-corrected chi connectivity index (χ4v) is 2.55. The number of hydrogen-bond donors (Lipinski definition) is 1. The van der Waals surface area contributed by atoms with Crippen LogP contribution in [0.4, 0.5) is 0 Å². The smallest absolute Gasteiger partial charge is 0.132 e. The quantitative estimate of drug-likeness (QED) is 0.589. The van der Waals surface area contributed by atoms with Gasteiger partial charge in [-0.2, -0.15) is 0 Å². The van der Waals surface area contributed by atoms with Crippen molar-refractivity contribution in [2.75, 3.05) is 13.1 Å². The number of unbranched alkanes of at least 4 members (excludes halogenated alkanes) is 5. The summed E-state index contributed by atoms with van der Waals surface area (Å²) in [5.74, 6) is 1.26. The Morgan fingerprint density at radius 3 is 2.59 bits per heavy atom.